The van der Waals surface area contributed by atoms with Crippen LogP contribution >= 0.6 is 11.6 Å². The van der Waals surface area contributed by atoms with Crippen molar-refractivity contribution in [2.75, 3.05) is 7.11 Å². The molecule has 0 aliphatic rings. The Morgan fingerprint density at radius 1 is 1.08 bits per heavy atom. The Labute approximate surface area is 161 Å². The van der Waals surface area contributed by atoms with E-state index in [1.807, 2.05) is 0 Å². The van der Waals surface area contributed by atoms with Gasteiger partial charge in [0.25, 0.3) is 0 Å². The second-order valence-corrected chi connectivity index (χ2v) is 11.2. The molecule has 0 radical (unpaired) electrons. The molecule has 0 aromatic heterocycles. The van der Waals surface area contributed by atoms with Crippen molar-refractivity contribution in [3.05, 3.63) is 0 Å². The monoisotopic (exact) mass is 414 g/mol. The molecule has 1 N–H and O–H groups in total. The van der Waals surface area contributed by atoms with Crippen molar-refractivity contribution in [1.82, 2.24) is 9.03 Å². The molecule has 0 aromatic carbocycles. The van der Waals surface area contributed by atoms with Crippen LogP contribution in [0, 0.1) is 0 Å². The van der Waals surface area contributed by atoms with Gasteiger partial charge >= 0.3 is 22.3 Å². The Kier molecular flexibility index (Phi) is 7.97. The van der Waals surface area contributed by atoms with Gasteiger partial charge in [0.15, 0.2) is 6.04 Å². The van der Waals surface area contributed by atoms with Gasteiger partial charge in [0, 0.05) is 10.4 Å². The number of halogens is 1. The first-order chi connectivity index (χ1) is 11.3. The normalized spacial score (nSPS) is 14.5. The van der Waals surface area contributed by atoms with Gasteiger partial charge in [0.1, 0.15) is 5.60 Å². The Bertz CT molecular complexity index is 614. The van der Waals surface area contributed by atoms with Crippen LogP contribution in [0.4, 0.5) is 4.79 Å². The van der Waals surface area contributed by atoms with Crippen molar-refractivity contribution in [2.24, 2.45) is 0 Å². The van der Waals surface area contributed by atoms with Crippen LogP contribution in [0.2, 0.25) is 0 Å². The van der Waals surface area contributed by atoms with Crippen LogP contribution in [0.15, 0.2) is 0 Å². The summed E-state index contributed by atoms with van der Waals surface area (Å²) in [6.45, 7) is 12.8. The number of esters is 1. The van der Waals surface area contributed by atoms with Gasteiger partial charge in [-0.15, -0.1) is 11.6 Å². The summed E-state index contributed by atoms with van der Waals surface area (Å²) in [7, 11) is -3.32. The van der Waals surface area contributed by atoms with Crippen molar-refractivity contribution < 1.29 is 27.5 Å². The molecule has 1 atom stereocenters. The van der Waals surface area contributed by atoms with Crippen LogP contribution in [0.5, 0.6) is 0 Å². The number of nitrogens with one attached hydrogen (secondary N) is 1. The van der Waals surface area contributed by atoms with Gasteiger partial charge in [0.2, 0.25) is 0 Å². The highest BCUT2D eigenvalue weighted by atomic mass is 35.5. The van der Waals surface area contributed by atoms with E-state index < -0.39 is 44.3 Å². The summed E-state index contributed by atoms with van der Waals surface area (Å²) in [5.41, 5.74) is -1.86. The number of hydrogen-bond donors (Lipinski definition) is 1. The van der Waals surface area contributed by atoms with Gasteiger partial charge < -0.3 is 9.47 Å². The van der Waals surface area contributed by atoms with Crippen LogP contribution < -0.4 is 4.72 Å². The minimum Gasteiger partial charge on any atom is -0.467 e. The Morgan fingerprint density at radius 2 is 1.54 bits per heavy atom. The highest BCUT2D eigenvalue weighted by Gasteiger charge is 2.45. The number of hydrogen-bond acceptors (Lipinski definition) is 6. The zero-order valence-corrected chi connectivity index (χ0v) is 18.5. The summed E-state index contributed by atoms with van der Waals surface area (Å²) < 4.78 is 38.4. The van der Waals surface area contributed by atoms with Crippen LogP contribution in [-0.2, 0) is 24.5 Å². The van der Waals surface area contributed by atoms with E-state index >= 15 is 0 Å². The zero-order valence-electron chi connectivity index (χ0n) is 17.0. The molecule has 0 rings (SSSR count). The van der Waals surface area contributed by atoms with Crippen LogP contribution in [-0.4, -0.2) is 54.0 Å². The maximum absolute atomic E-state index is 12.9. The van der Waals surface area contributed by atoms with E-state index in [-0.39, 0.29) is 6.42 Å². The summed E-state index contributed by atoms with van der Waals surface area (Å²) >= 11 is 6.19. The lowest BCUT2D eigenvalue weighted by Gasteiger charge is -2.35. The SMILES string of the molecule is COC(=O)[C@@H](CC(C)(C)Cl)N(C(=O)OC(C)(C)C)S(=O)(=O)NC(C)(C)C. The predicted octanol–water partition coefficient (Wildman–Crippen LogP) is 2.81. The highest BCUT2D eigenvalue weighted by Crippen LogP contribution is 2.27. The van der Waals surface area contributed by atoms with Gasteiger partial charge in [0.05, 0.1) is 7.11 Å². The largest absolute Gasteiger partial charge is 0.467 e. The minimum atomic E-state index is -4.43. The molecule has 0 fully saturated rings. The van der Waals surface area contributed by atoms with Crippen molar-refractivity contribution in [3.8, 4) is 0 Å². The fraction of sp³-hybridized carbons (Fsp3) is 0.875. The van der Waals surface area contributed by atoms with E-state index in [9.17, 15) is 18.0 Å². The van der Waals surface area contributed by atoms with Crippen LogP contribution in [0.1, 0.15) is 61.8 Å². The smallest absolute Gasteiger partial charge is 0.425 e. The second kappa shape index (κ2) is 8.31. The molecule has 10 heteroatoms. The van der Waals surface area contributed by atoms with Crippen LogP contribution in [0.25, 0.3) is 0 Å². The standard InChI is InChI=1S/C16H31ClN2O6S/c1-14(2,3)18-26(22,23)19(13(21)25-15(4,5)6)11(12(20)24-9)10-16(7,8)17/h11,18H,10H2,1-9H3/t11-/m1/s1. The average Bonchev–Trinajstić information content (AvgIpc) is 2.29. The molecular formula is C16H31ClN2O6S. The van der Waals surface area contributed by atoms with Crippen LogP contribution in [0.3, 0.4) is 0 Å². The number of rotatable bonds is 6. The summed E-state index contributed by atoms with van der Waals surface area (Å²) in [6.07, 6.45) is -1.35. The maximum atomic E-state index is 12.9. The quantitative estimate of drug-likeness (QED) is 0.529. The Balaban J connectivity index is 6.25. The third kappa shape index (κ3) is 9.05. The van der Waals surface area contributed by atoms with E-state index in [0.717, 1.165) is 7.11 Å². The number of ether oxygens (including phenoxy) is 2. The lowest BCUT2D eigenvalue weighted by Crippen LogP contribution is -2.58. The van der Waals surface area contributed by atoms with E-state index in [1.165, 1.54) is 0 Å². The average molecular weight is 415 g/mol. The van der Waals surface area contributed by atoms with Crippen molar-refractivity contribution in [2.45, 2.75) is 83.9 Å². The van der Waals surface area contributed by atoms with Gasteiger partial charge in [-0.3, -0.25) is 0 Å². The third-order valence-electron chi connectivity index (χ3n) is 2.70. The molecule has 0 aromatic rings. The van der Waals surface area contributed by atoms with Gasteiger partial charge in [-0.1, -0.05) is 0 Å². The number of alkyl halides is 1. The lowest BCUT2D eigenvalue weighted by atomic mass is 10.0. The molecule has 0 spiro atoms. The summed E-state index contributed by atoms with van der Waals surface area (Å²) in [6, 6.07) is -1.48. The molecular weight excluding hydrogens is 384 g/mol. The number of nitrogens with zero attached hydrogens (tertiary/aromatic N) is 1. The molecule has 0 bridgehead atoms. The summed E-state index contributed by atoms with van der Waals surface area (Å²) in [5, 5.41) is 0. The van der Waals surface area contributed by atoms with Crippen molar-refractivity contribution in [1.29, 1.82) is 0 Å². The molecule has 1 amide bonds. The van der Waals surface area contributed by atoms with E-state index in [0.29, 0.717) is 4.31 Å². The van der Waals surface area contributed by atoms with E-state index in [2.05, 4.69) is 4.72 Å². The number of carbonyl (C=O) groups is 2. The molecule has 0 aliphatic carbocycles. The Morgan fingerprint density at radius 3 is 1.85 bits per heavy atom. The molecule has 0 aliphatic heterocycles. The lowest BCUT2D eigenvalue weighted by molar-refractivity contribution is -0.145. The predicted molar refractivity (Wildman–Crippen MR) is 100 cm³/mol. The van der Waals surface area contributed by atoms with Gasteiger partial charge in [-0.2, -0.15) is 17.4 Å². The van der Waals surface area contributed by atoms with E-state index in [4.69, 9.17) is 21.1 Å². The molecule has 0 saturated heterocycles. The highest BCUT2D eigenvalue weighted by molar-refractivity contribution is 7.87. The fourth-order valence-corrected chi connectivity index (χ4v) is 3.74. The van der Waals surface area contributed by atoms with Crippen molar-refractivity contribution >= 4 is 33.9 Å². The Hall–Kier alpha value is -1.06. The summed E-state index contributed by atoms with van der Waals surface area (Å²) in [4.78, 5) is 24.0. The maximum Gasteiger partial charge on any atom is 0.425 e. The fourth-order valence-electron chi connectivity index (χ4n) is 1.99. The molecule has 0 heterocycles. The molecule has 154 valence electrons. The zero-order chi connectivity index (χ0) is 21.1. The minimum absolute atomic E-state index is 0.161. The van der Waals surface area contributed by atoms with E-state index in [1.54, 1.807) is 55.4 Å². The number of methoxy groups -OCH3 is 1. The van der Waals surface area contributed by atoms with Crippen molar-refractivity contribution in [3.63, 3.8) is 0 Å². The second-order valence-electron chi connectivity index (χ2n) is 8.60. The van der Waals surface area contributed by atoms with Gasteiger partial charge in [-0.25, -0.2) is 9.59 Å². The molecule has 8 nitrogen and oxygen atoms in total. The van der Waals surface area contributed by atoms with Gasteiger partial charge in [-0.05, 0) is 61.8 Å². The first-order valence-electron chi connectivity index (χ1n) is 8.12. The number of carbonyl (C=O) groups excluding carboxylic acids is 2. The molecule has 26 heavy (non-hydrogen) atoms. The molecule has 0 saturated carbocycles. The topological polar surface area (TPSA) is 102 Å². The number of amides is 1. The summed E-state index contributed by atoms with van der Waals surface area (Å²) in [5.74, 6) is -0.913. The third-order valence-corrected chi connectivity index (χ3v) is 4.65. The first kappa shape index (κ1) is 24.9. The molecule has 0 unspecified atom stereocenters. The first-order valence-corrected chi connectivity index (χ1v) is 9.94.